The summed E-state index contributed by atoms with van der Waals surface area (Å²) < 4.78 is 10.6. The van der Waals surface area contributed by atoms with Crippen molar-refractivity contribution in [2.24, 2.45) is 5.73 Å². The quantitative estimate of drug-likeness (QED) is 0.579. The van der Waals surface area contributed by atoms with Crippen molar-refractivity contribution >= 4 is 23.6 Å². The second-order valence-electron chi connectivity index (χ2n) is 7.44. The molecule has 0 atom stereocenters. The van der Waals surface area contributed by atoms with E-state index in [-0.39, 0.29) is 29.4 Å². The molecule has 0 bridgehead atoms. The number of aromatic nitrogens is 2. The van der Waals surface area contributed by atoms with E-state index >= 15 is 0 Å². The van der Waals surface area contributed by atoms with Crippen LogP contribution in [0, 0.1) is 6.92 Å². The molecule has 0 radical (unpaired) electrons. The molecule has 0 fully saturated rings. The van der Waals surface area contributed by atoms with Gasteiger partial charge in [0.15, 0.2) is 5.82 Å². The normalized spacial score (nSPS) is 12.8. The molecule has 0 saturated heterocycles. The molecule has 2 heterocycles. The predicted molar refractivity (Wildman–Crippen MR) is 115 cm³/mol. The van der Waals surface area contributed by atoms with Crippen molar-refractivity contribution in [3.8, 4) is 11.3 Å². The van der Waals surface area contributed by atoms with Crippen molar-refractivity contribution in [2.75, 3.05) is 11.9 Å². The Morgan fingerprint density at radius 1 is 1.10 bits per heavy atom. The van der Waals surface area contributed by atoms with Crippen LogP contribution in [0.25, 0.3) is 11.3 Å². The third-order valence-corrected chi connectivity index (χ3v) is 5.36. The third-order valence-electron chi connectivity index (χ3n) is 5.36. The third kappa shape index (κ3) is 4.14. The molecule has 1 aromatic carbocycles. The van der Waals surface area contributed by atoms with E-state index in [9.17, 15) is 9.59 Å². The van der Waals surface area contributed by atoms with E-state index in [1.807, 2.05) is 6.07 Å². The summed E-state index contributed by atoms with van der Waals surface area (Å²) in [6, 6.07) is 9.98. The number of hydrogen-bond donors (Lipinski definition) is 2. The van der Waals surface area contributed by atoms with Gasteiger partial charge in [-0.25, -0.2) is 4.79 Å². The Morgan fingerprint density at radius 3 is 2.55 bits per heavy atom. The lowest BCUT2D eigenvalue weighted by Crippen LogP contribution is -2.18. The second-order valence-corrected chi connectivity index (χ2v) is 7.44. The summed E-state index contributed by atoms with van der Waals surface area (Å²) in [6.45, 7) is 3.41. The van der Waals surface area contributed by atoms with Crippen molar-refractivity contribution in [2.45, 2.75) is 39.5 Å². The predicted octanol–water partition coefficient (Wildman–Crippen LogP) is 3.94. The van der Waals surface area contributed by atoms with Crippen LogP contribution in [0.3, 0.4) is 0 Å². The van der Waals surface area contributed by atoms with Crippen LogP contribution in [-0.2, 0) is 17.6 Å². The molecular formula is C23H24N4O4. The SMILES string of the molecule is CCOC(=O)c1c(C)oc(Nc2ccc(-c3ccc4c(c3)CCCC4)nn2)c1C(N)=O. The largest absolute Gasteiger partial charge is 0.462 e. The van der Waals surface area contributed by atoms with Gasteiger partial charge in [-0.2, -0.15) is 0 Å². The number of nitrogens with one attached hydrogen (secondary N) is 1. The van der Waals surface area contributed by atoms with Gasteiger partial charge in [0, 0.05) is 5.56 Å². The number of carbonyl (C=O) groups is 2. The van der Waals surface area contributed by atoms with Gasteiger partial charge in [0.05, 0.1) is 12.3 Å². The van der Waals surface area contributed by atoms with E-state index in [0.717, 1.165) is 24.1 Å². The van der Waals surface area contributed by atoms with E-state index in [1.165, 1.54) is 24.0 Å². The molecule has 8 nitrogen and oxygen atoms in total. The number of ether oxygens (including phenoxy) is 1. The number of esters is 1. The van der Waals surface area contributed by atoms with Crippen LogP contribution in [0.4, 0.5) is 11.7 Å². The van der Waals surface area contributed by atoms with Gasteiger partial charge >= 0.3 is 5.97 Å². The second kappa shape index (κ2) is 8.59. The Balaban J connectivity index is 1.59. The number of primary amides is 1. The summed E-state index contributed by atoms with van der Waals surface area (Å²) in [5, 5.41) is 11.4. The van der Waals surface area contributed by atoms with Crippen LogP contribution < -0.4 is 11.1 Å². The molecule has 0 spiro atoms. The van der Waals surface area contributed by atoms with E-state index < -0.39 is 11.9 Å². The minimum Gasteiger partial charge on any atom is -0.462 e. The number of nitrogens with zero attached hydrogens (tertiary/aromatic N) is 2. The van der Waals surface area contributed by atoms with Crippen molar-refractivity contribution in [3.05, 3.63) is 58.3 Å². The van der Waals surface area contributed by atoms with Gasteiger partial charge in [0.25, 0.3) is 5.91 Å². The first-order valence-electron chi connectivity index (χ1n) is 10.3. The molecule has 2 aromatic heterocycles. The lowest BCUT2D eigenvalue weighted by atomic mass is 9.90. The number of amides is 1. The van der Waals surface area contributed by atoms with Gasteiger partial charge in [-0.1, -0.05) is 12.1 Å². The number of rotatable bonds is 6. The zero-order valence-electron chi connectivity index (χ0n) is 17.5. The maximum atomic E-state index is 12.2. The summed E-state index contributed by atoms with van der Waals surface area (Å²) in [7, 11) is 0. The summed E-state index contributed by atoms with van der Waals surface area (Å²) in [5.41, 5.74) is 9.96. The van der Waals surface area contributed by atoms with Crippen LogP contribution in [0.1, 0.15) is 57.4 Å². The summed E-state index contributed by atoms with van der Waals surface area (Å²) >= 11 is 0. The first kappa shape index (κ1) is 20.6. The maximum absolute atomic E-state index is 12.2. The molecule has 0 unspecified atom stereocenters. The number of furan rings is 1. The molecule has 1 amide bonds. The van der Waals surface area contributed by atoms with Gasteiger partial charge in [0.1, 0.15) is 16.9 Å². The fraction of sp³-hybridized carbons (Fsp3) is 0.304. The number of carbonyl (C=O) groups excluding carboxylic acids is 2. The van der Waals surface area contributed by atoms with Gasteiger partial charge < -0.3 is 20.2 Å². The fourth-order valence-electron chi connectivity index (χ4n) is 3.88. The van der Waals surface area contributed by atoms with Crippen LogP contribution in [0.15, 0.2) is 34.7 Å². The first-order valence-corrected chi connectivity index (χ1v) is 10.3. The van der Waals surface area contributed by atoms with E-state index in [0.29, 0.717) is 5.82 Å². The van der Waals surface area contributed by atoms with Crippen molar-refractivity contribution < 1.29 is 18.7 Å². The Labute approximate surface area is 179 Å². The maximum Gasteiger partial charge on any atom is 0.342 e. The molecule has 1 aliphatic carbocycles. The Kier molecular flexibility index (Phi) is 5.70. The molecule has 160 valence electrons. The zero-order valence-corrected chi connectivity index (χ0v) is 17.5. The molecule has 3 N–H and O–H groups in total. The Hall–Kier alpha value is -3.68. The monoisotopic (exact) mass is 420 g/mol. The van der Waals surface area contributed by atoms with Crippen molar-refractivity contribution in [1.82, 2.24) is 10.2 Å². The highest BCUT2D eigenvalue weighted by molar-refractivity contribution is 6.09. The van der Waals surface area contributed by atoms with Crippen LogP contribution in [0.5, 0.6) is 0 Å². The highest BCUT2D eigenvalue weighted by Crippen LogP contribution is 2.30. The molecule has 0 aliphatic heterocycles. The number of anilines is 2. The average molecular weight is 420 g/mol. The first-order chi connectivity index (χ1) is 15.0. The summed E-state index contributed by atoms with van der Waals surface area (Å²) in [4.78, 5) is 24.2. The molecule has 3 aromatic rings. The van der Waals surface area contributed by atoms with E-state index in [2.05, 4.69) is 33.7 Å². The van der Waals surface area contributed by atoms with Crippen molar-refractivity contribution in [3.63, 3.8) is 0 Å². The summed E-state index contributed by atoms with van der Waals surface area (Å²) in [5.74, 6) is -0.855. The Bertz CT molecular complexity index is 1140. The van der Waals surface area contributed by atoms with Gasteiger partial charge in [-0.15, -0.1) is 10.2 Å². The lowest BCUT2D eigenvalue weighted by Gasteiger charge is -2.16. The number of aryl methyl sites for hydroxylation is 3. The van der Waals surface area contributed by atoms with E-state index in [4.69, 9.17) is 14.9 Å². The number of benzene rings is 1. The summed E-state index contributed by atoms with van der Waals surface area (Å²) in [6.07, 6.45) is 4.67. The molecular weight excluding hydrogens is 396 g/mol. The van der Waals surface area contributed by atoms with Crippen LogP contribution in [0.2, 0.25) is 0 Å². The minimum absolute atomic E-state index is 0.00971. The minimum atomic E-state index is -0.805. The molecule has 1 aliphatic rings. The highest BCUT2D eigenvalue weighted by atomic mass is 16.5. The van der Waals surface area contributed by atoms with Crippen LogP contribution >= 0.6 is 0 Å². The fourth-order valence-corrected chi connectivity index (χ4v) is 3.88. The number of hydrogen-bond acceptors (Lipinski definition) is 7. The smallest absolute Gasteiger partial charge is 0.342 e. The zero-order chi connectivity index (χ0) is 22.0. The van der Waals surface area contributed by atoms with Crippen LogP contribution in [-0.4, -0.2) is 28.7 Å². The number of nitrogens with two attached hydrogens (primary N) is 1. The van der Waals surface area contributed by atoms with Gasteiger partial charge in [-0.3, -0.25) is 4.79 Å². The lowest BCUT2D eigenvalue weighted by molar-refractivity contribution is 0.0521. The number of fused-ring (bicyclic) bond motifs is 1. The van der Waals surface area contributed by atoms with Crippen molar-refractivity contribution in [1.29, 1.82) is 0 Å². The standard InChI is InChI=1S/C23H24N4O4/c1-3-30-23(29)19-13(2)31-22(20(19)21(24)28)25-18-11-10-17(26-27-18)16-9-8-14-6-4-5-7-15(14)12-16/h8-12H,3-7H2,1-2H3,(H2,24,28)(H,25,27). The molecule has 8 heteroatoms. The average Bonchev–Trinajstić information content (AvgIpc) is 3.10. The highest BCUT2D eigenvalue weighted by Gasteiger charge is 2.28. The Morgan fingerprint density at radius 2 is 1.87 bits per heavy atom. The topological polar surface area (TPSA) is 120 Å². The molecule has 31 heavy (non-hydrogen) atoms. The van der Waals surface area contributed by atoms with Gasteiger partial charge in [0.2, 0.25) is 5.88 Å². The van der Waals surface area contributed by atoms with Gasteiger partial charge in [-0.05, 0) is 68.9 Å². The molecule has 0 saturated carbocycles. The molecule has 4 rings (SSSR count). The van der Waals surface area contributed by atoms with E-state index in [1.54, 1.807) is 19.9 Å².